The summed E-state index contributed by atoms with van der Waals surface area (Å²) in [4.78, 5) is 10.6. The first-order chi connectivity index (χ1) is 11.9. The molecule has 2 aromatic carbocycles. The average Bonchev–Trinajstić information content (AvgIpc) is 2.56. The van der Waals surface area contributed by atoms with Crippen LogP contribution in [0.2, 0.25) is 0 Å². The summed E-state index contributed by atoms with van der Waals surface area (Å²) in [6.45, 7) is 1.57. The third kappa shape index (κ3) is 4.03. The van der Waals surface area contributed by atoms with Crippen molar-refractivity contribution in [2.24, 2.45) is 0 Å². The van der Waals surface area contributed by atoms with E-state index in [1.54, 1.807) is 6.92 Å². The summed E-state index contributed by atoms with van der Waals surface area (Å²) in [6.07, 6.45) is 0. The van der Waals surface area contributed by atoms with E-state index in [0.717, 1.165) is 10.4 Å². The van der Waals surface area contributed by atoms with Crippen LogP contribution in [0.3, 0.4) is 0 Å². The fourth-order valence-electron chi connectivity index (χ4n) is 2.13. The van der Waals surface area contributed by atoms with Gasteiger partial charge in [-0.1, -0.05) is 6.07 Å². The highest BCUT2D eigenvalue weighted by molar-refractivity contribution is 7.93. The summed E-state index contributed by atoms with van der Waals surface area (Å²) < 4.78 is 52.9. The molecule has 2 aromatic rings. The highest BCUT2D eigenvalue weighted by Crippen LogP contribution is 2.23. The van der Waals surface area contributed by atoms with Crippen LogP contribution in [0.25, 0.3) is 0 Å². The maximum absolute atomic E-state index is 12.6. The van der Waals surface area contributed by atoms with Gasteiger partial charge in [0.25, 0.3) is 10.0 Å². The zero-order valence-corrected chi connectivity index (χ0v) is 15.9. The molecule has 0 aliphatic rings. The van der Waals surface area contributed by atoms with Crippen LogP contribution in [-0.2, 0) is 20.0 Å². The molecule has 0 bridgehead atoms. The predicted octanol–water partition coefficient (Wildman–Crippen LogP) is 1.74. The van der Waals surface area contributed by atoms with Gasteiger partial charge in [-0.05, 0) is 48.9 Å². The van der Waals surface area contributed by atoms with E-state index >= 15 is 0 Å². The molecule has 0 aliphatic heterocycles. The van der Waals surface area contributed by atoms with Crippen LogP contribution in [0.1, 0.15) is 15.9 Å². The van der Waals surface area contributed by atoms with Crippen LogP contribution in [0.4, 0.5) is 5.69 Å². The van der Waals surface area contributed by atoms with E-state index in [-0.39, 0.29) is 21.0 Å². The first kappa shape index (κ1) is 19.9. The van der Waals surface area contributed by atoms with Gasteiger partial charge in [0.2, 0.25) is 10.0 Å². The molecule has 0 saturated carbocycles. The van der Waals surface area contributed by atoms with Crippen LogP contribution < -0.4 is 4.72 Å². The fourth-order valence-corrected chi connectivity index (χ4v) is 4.33. The van der Waals surface area contributed by atoms with E-state index in [1.807, 2.05) is 0 Å². The molecule has 0 aliphatic carbocycles. The van der Waals surface area contributed by atoms with E-state index in [4.69, 9.17) is 5.11 Å². The number of nitrogens with one attached hydrogen (secondary N) is 1. The van der Waals surface area contributed by atoms with Crippen LogP contribution in [0, 0.1) is 6.92 Å². The lowest BCUT2D eigenvalue weighted by molar-refractivity contribution is 0.0696. The third-order valence-corrected chi connectivity index (χ3v) is 6.79. The fraction of sp³-hybridized carbons (Fsp3) is 0.188. The topological polar surface area (TPSA) is 121 Å². The molecule has 0 fully saturated rings. The SMILES string of the molecule is Cc1cc(C(=O)O)ccc1NS(=O)(=O)c1cccc(S(=O)(=O)N(C)C)c1. The van der Waals surface area contributed by atoms with Gasteiger partial charge >= 0.3 is 5.97 Å². The van der Waals surface area contributed by atoms with Gasteiger partial charge in [-0.25, -0.2) is 25.9 Å². The van der Waals surface area contributed by atoms with Crippen LogP contribution in [-0.4, -0.2) is 46.3 Å². The Morgan fingerprint density at radius 3 is 2.15 bits per heavy atom. The Morgan fingerprint density at radius 1 is 1.00 bits per heavy atom. The van der Waals surface area contributed by atoms with Gasteiger partial charge in [0, 0.05) is 14.1 Å². The van der Waals surface area contributed by atoms with Crippen molar-refractivity contribution in [2.75, 3.05) is 18.8 Å². The Kier molecular flexibility index (Phi) is 5.40. The number of aryl methyl sites for hydroxylation is 1. The molecule has 140 valence electrons. The Hall–Kier alpha value is -2.43. The van der Waals surface area contributed by atoms with Crippen molar-refractivity contribution in [1.82, 2.24) is 4.31 Å². The first-order valence-corrected chi connectivity index (χ1v) is 10.3. The third-order valence-electron chi connectivity index (χ3n) is 3.61. The Balaban J connectivity index is 2.42. The number of carbonyl (C=O) groups is 1. The number of hydrogen-bond acceptors (Lipinski definition) is 5. The largest absolute Gasteiger partial charge is 0.478 e. The summed E-state index contributed by atoms with van der Waals surface area (Å²) in [6, 6.07) is 8.95. The zero-order valence-electron chi connectivity index (χ0n) is 14.3. The molecule has 10 heteroatoms. The van der Waals surface area contributed by atoms with Gasteiger partial charge in [0.1, 0.15) is 0 Å². The minimum Gasteiger partial charge on any atom is -0.478 e. The van der Waals surface area contributed by atoms with E-state index < -0.39 is 26.0 Å². The molecule has 2 rings (SSSR count). The smallest absolute Gasteiger partial charge is 0.335 e. The van der Waals surface area contributed by atoms with E-state index in [2.05, 4.69) is 4.72 Å². The van der Waals surface area contributed by atoms with Crippen LogP contribution in [0.5, 0.6) is 0 Å². The summed E-state index contributed by atoms with van der Waals surface area (Å²) in [5.74, 6) is -1.12. The number of benzene rings is 2. The molecule has 0 aromatic heterocycles. The lowest BCUT2D eigenvalue weighted by Gasteiger charge is -2.14. The van der Waals surface area contributed by atoms with Gasteiger partial charge in [0.15, 0.2) is 0 Å². The summed E-state index contributed by atoms with van der Waals surface area (Å²) in [5.41, 5.74) is 0.658. The Bertz CT molecular complexity index is 1060. The van der Waals surface area contributed by atoms with Gasteiger partial charge < -0.3 is 5.11 Å². The number of rotatable bonds is 6. The van der Waals surface area contributed by atoms with Gasteiger partial charge in [-0.2, -0.15) is 0 Å². The molecule has 0 unspecified atom stereocenters. The van der Waals surface area contributed by atoms with Gasteiger partial charge in [0.05, 0.1) is 21.0 Å². The Labute approximate surface area is 152 Å². The molecule has 26 heavy (non-hydrogen) atoms. The lowest BCUT2D eigenvalue weighted by atomic mass is 10.1. The number of anilines is 1. The van der Waals surface area contributed by atoms with Crippen molar-refractivity contribution in [3.63, 3.8) is 0 Å². The number of carboxylic acid groups (broad SMARTS) is 1. The quantitative estimate of drug-likeness (QED) is 0.765. The molecule has 0 atom stereocenters. The average molecular weight is 398 g/mol. The monoisotopic (exact) mass is 398 g/mol. The molecule has 8 nitrogen and oxygen atoms in total. The van der Waals surface area contributed by atoms with E-state index in [1.165, 1.54) is 50.5 Å². The number of hydrogen-bond donors (Lipinski definition) is 2. The second-order valence-corrected chi connectivity index (χ2v) is 9.54. The number of aromatic carboxylic acids is 1. The van der Waals surface area contributed by atoms with Gasteiger partial charge in [-0.15, -0.1) is 0 Å². The highest BCUT2D eigenvalue weighted by Gasteiger charge is 2.22. The standard InChI is InChI=1S/C16H18N2O6S2/c1-11-9-12(16(19)20)7-8-15(11)17-25(21,22)13-5-4-6-14(10-13)26(23,24)18(2)3/h4-10,17H,1-3H3,(H,19,20). The summed E-state index contributed by atoms with van der Waals surface area (Å²) >= 11 is 0. The second-order valence-electron chi connectivity index (χ2n) is 5.70. The minimum atomic E-state index is -4.06. The zero-order chi connectivity index (χ0) is 19.7. The van der Waals surface area contributed by atoms with Crippen LogP contribution >= 0.6 is 0 Å². The number of carboxylic acids is 1. The molecule has 0 heterocycles. The van der Waals surface area contributed by atoms with Crippen molar-refractivity contribution in [3.8, 4) is 0 Å². The number of nitrogens with zero attached hydrogens (tertiary/aromatic N) is 1. The van der Waals surface area contributed by atoms with E-state index in [9.17, 15) is 21.6 Å². The molecular weight excluding hydrogens is 380 g/mol. The van der Waals surface area contributed by atoms with Crippen molar-refractivity contribution in [3.05, 3.63) is 53.6 Å². The first-order valence-electron chi connectivity index (χ1n) is 7.34. The molecular formula is C16H18N2O6S2. The molecule has 0 radical (unpaired) electrons. The highest BCUT2D eigenvalue weighted by atomic mass is 32.2. The number of sulfonamides is 2. The Morgan fingerprint density at radius 2 is 1.62 bits per heavy atom. The maximum atomic E-state index is 12.6. The maximum Gasteiger partial charge on any atom is 0.335 e. The molecule has 0 saturated heterocycles. The minimum absolute atomic E-state index is 0.0320. The van der Waals surface area contributed by atoms with Crippen molar-refractivity contribution in [1.29, 1.82) is 0 Å². The summed E-state index contributed by atoms with van der Waals surface area (Å²) in [7, 11) is -5.14. The second kappa shape index (κ2) is 7.06. The molecule has 0 spiro atoms. The summed E-state index contributed by atoms with van der Waals surface area (Å²) in [5, 5.41) is 8.96. The predicted molar refractivity (Wildman–Crippen MR) is 96.3 cm³/mol. The van der Waals surface area contributed by atoms with Crippen LogP contribution in [0.15, 0.2) is 52.3 Å². The molecule has 2 N–H and O–H groups in total. The van der Waals surface area contributed by atoms with Crippen molar-refractivity contribution in [2.45, 2.75) is 16.7 Å². The van der Waals surface area contributed by atoms with Crippen molar-refractivity contribution < 1.29 is 26.7 Å². The lowest BCUT2D eigenvalue weighted by Crippen LogP contribution is -2.22. The molecule has 0 amide bonds. The normalized spacial score (nSPS) is 12.2. The van der Waals surface area contributed by atoms with E-state index in [0.29, 0.717) is 5.56 Å². The van der Waals surface area contributed by atoms with Crippen molar-refractivity contribution >= 4 is 31.7 Å². The van der Waals surface area contributed by atoms with Gasteiger partial charge in [-0.3, -0.25) is 4.72 Å².